The molecule has 0 bridgehead atoms. The Morgan fingerprint density at radius 2 is 1.50 bits per heavy atom. The molecule has 166 valence electrons. The molecule has 0 saturated heterocycles. The van der Waals surface area contributed by atoms with E-state index in [0.29, 0.717) is 22.7 Å². The molecule has 0 spiro atoms. The normalized spacial score (nSPS) is 10.4. The van der Waals surface area contributed by atoms with Crippen molar-refractivity contribution in [3.8, 4) is 11.5 Å². The lowest BCUT2D eigenvalue weighted by Crippen LogP contribution is -2.13. The monoisotopic (exact) mass is 432 g/mol. The maximum atomic E-state index is 12.8. The summed E-state index contributed by atoms with van der Waals surface area (Å²) in [4.78, 5) is 23.9. The van der Waals surface area contributed by atoms with E-state index in [1.165, 1.54) is 12.5 Å². The van der Waals surface area contributed by atoms with Gasteiger partial charge in [0.2, 0.25) is 5.91 Å². The molecule has 6 heteroatoms. The molecule has 0 unspecified atom stereocenters. The molecule has 0 aliphatic rings. The molecule has 3 rings (SSSR count). The van der Waals surface area contributed by atoms with E-state index in [2.05, 4.69) is 23.6 Å². The number of hydrogen-bond donors (Lipinski definition) is 2. The number of amides is 2. The summed E-state index contributed by atoms with van der Waals surface area (Å²) < 4.78 is 11.5. The quantitative estimate of drug-likeness (QED) is 0.523. The first kappa shape index (κ1) is 22.9. The van der Waals surface area contributed by atoms with Crippen LogP contribution in [0.3, 0.4) is 0 Å². The molecular formula is C26H28N2O4. The van der Waals surface area contributed by atoms with Gasteiger partial charge in [-0.3, -0.25) is 9.59 Å². The highest BCUT2D eigenvalue weighted by Crippen LogP contribution is 2.27. The van der Waals surface area contributed by atoms with Crippen LogP contribution in [-0.4, -0.2) is 18.9 Å². The number of rotatable bonds is 7. The first-order valence-electron chi connectivity index (χ1n) is 10.3. The molecule has 0 fully saturated rings. The lowest BCUT2D eigenvalue weighted by atomic mass is 10.1. The van der Waals surface area contributed by atoms with Crippen LogP contribution < -0.4 is 20.1 Å². The predicted molar refractivity (Wildman–Crippen MR) is 127 cm³/mol. The molecule has 0 aromatic heterocycles. The van der Waals surface area contributed by atoms with Crippen molar-refractivity contribution in [3.63, 3.8) is 0 Å². The van der Waals surface area contributed by atoms with Crippen molar-refractivity contribution in [3.05, 3.63) is 82.4 Å². The van der Waals surface area contributed by atoms with Crippen LogP contribution in [0.4, 0.5) is 11.4 Å². The standard InChI is InChI=1S/C26H28N2O4/c1-16-12-17(2)18(3)25(13-16)32-15-21-14-20(6-11-24(21)31-5)26(30)28-23-9-7-22(8-10-23)27-19(4)29/h6-14H,15H2,1-5H3,(H,27,29)(H,28,30). The van der Waals surface area contributed by atoms with Crippen LogP contribution in [0.25, 0.3) is 0 Å². The maximum Gasteiger partial charge on any atom is 0.255 e. The van der Waals surface area contributed by atoms with Gasteiger partial charge >= 0.3 is 0 Å². The molecule has 0 radical (unpaired) electrons. The molecule has 2 N–H and O–H groups in total. The fraction of sp³-hybridized carbons (Fsp3) is 0.231. The van der Waals surface area contributed by atoms with Gasteiger partial charge in [0.15, 0.2) is 0 Å². The smallest absolute Gasteiger partial charge is 0.255 e. The largest absolute Gasteiger partial charge is 0.496 e. The summed E-state index contributed by atoms with van der Waals surface area (Å²) in [7, 11) is 1.59. The van der Waals surface area contributed by atoms with Crippen LogP contribution in [0.15, 0.2) is 54.6 Å². The summed E-state index contributed by atoms with van der Waals surface area (Å²) >= 11 is 0. The number of anilines is 2. The molecule has 0 aliphatic heterocycles. The minimum Gasteiger partial charge on any atom is -0.496 e. The van der Waals surface area contributed by atoms with Crippen LogP contribution in [0, 0.1) is 20.8 Å². The van der Waals surface area contributed by atoms with E-state index < -0.39 is 0 Å². The average Bonchev–Trinajstić information content (AvgIpc) is 2.76. The van der Waals surface area contributed by atoms with E-state index in [1.54, 1.807) is 49.6 Å². The molecule has 0 aliphatic carbocycles. The second kappa shape index (κ2) is 10.0. The van der Waals surface area contributed by atoms with Gasteiger partial charge in [-0.2, -0.15) is 0 Å². The zero-order chi connectivity index (χ0) is 23.3. The van der Waals surface area contributed by atoms with Crippen LogP contribution in [0.1, 0.15) is 39.5 Å². The van der Waals surface area contributed by atoms with Crippen molar-refractivity contribution in [1.29, 1.82) is 0 Å². The topological polar surface area (TPSA) is 76.7 Å². The summed E-state index contributed by atoms with van der Waals surface area (Å²) in [6, 6.07) is 16.3. The van der Waals surface area contributed by atoms with E-state index in [1.807, 2.05) is 19.9 Å². The Morgan fingerprint density at radius 1 is 0.844 bits per heavy atom. The highest BCUT2D eigenvalue weighted by atomic mass is 16.5. The average molecular weight is 433 g/mol. The zero-order valence-corrected chi connectivity index (χ0v) is 19.0. The first-order chi connectivity index (χ1) is 15.3. The van der Waals surface area contributed by atoms with Crippen LogP contribution >= 0.6 is 0 Å². The van der Waals surface area contributed by atoms with Crippen molar-refractivity contribution in [1.82, 2.24) is 0 Å². The van der Waals surface area contributed by atoms with E-state index in [9.17, 15) is 9.59 Å². The highest BCUT2D eigenvalue weighted by molar-refractivity contribution is 6.04. The summed E-state index contributed by atoms with van der Waals surface area (Å²) in [5.41, 5.74) is 5.96. The number of benzene rings is 3. The van der Waals surface area contributed by atoms with Gasteiger partial charge in [0.1, 0.15) is 18.1 Å². The van der Waals surface area contributed by atoms with Gasteiger partial charge in [0, 0.05) is 29.4 Å². The second-order valence-corrected chi connectivity index (χ2v) is 7.73. The van der Waals surface area contributed by atoms with E-state index >= 15 is 0 Å². The summed E-state index contributed by atoms with van der Waals surface area (Å²) in [5.74, 6) is 1.08. The van der Waals surface area contributed by atoms with Crippen molar-refractivity contribution in [2.45, 2.75) is 34.3 Å². The van der Waals surface area contributed by atoms with E-state index in [-0.39, 0.29) is 18.4 Å². The Bertz CT molecular complexity index is 1140. The Hall–Kier alpha value is -3.80. The third kappa shape index (κ3) is 5.66. The lowest BCUT2D eigenvalue weighted by molar-refractivity contribution is -0.114. The molecule has 0 atom stereocenters. The predicted octanol–water partition coefficient (Wildman–Crippen LogP) is 5.41. The zero-order valence-electron chi connectivity index (χ0n) is 19.0. The Kier molecular flexibility index (Phi) is 7.15. The van der Waals surface area contributed by atoms with Crippen LogP contribution in [0.5, 0.6) is 11.5 Å². The minimum atomic E-state index is -0.247. The van der Waals surface area contributed by atoms with E-state index in [0.717, 1.165) is 22.4 Å². The SMILES string of the molecule is COc1ccc(C(=O)Nc2ccc(NC(C)=O)cc2)cc1COc1cc(C)cc(C)c1C. The van der Waals surface area contributed by atoms with Crippen molar-refractivity contribution in [2.24, 2.45) is 0 Å². The third-order valence-corrected chi connectivity index (χ3v) is 5.15. The molecule has 3 aromatic rings. The number of hydrogen-bond acceptors (Lipinski definition) is 4. The van der Waals surface area contributed by atoms with Gasteiger partial charge in [0.05, 0.1) is 7.11 Å². The number of carbonyl (C=O) groups excluding carboxylic acids is 2. The molecule has 0 saturated carbocycles. The number of aryl methyl sites for hydroxylation is 2. The van der Waals surface area contributed by atoms with Gasteiger partial charge < -0.3 is 20.1 Å². The number of nitrogens with one attached hydrogen (secondary N) is 2. The van der Waals surface area contributed by atoms with Crippen molar-refractivity contribution in [2.75, 3.05) is 17.7 Å². The second-order valence-electron chi connectivity index (χ2n) is 7.73. The third-order valence-electron chi connectivity index (χ3n) is 5.15. The molecule has 3 aromatic carbocycles. The molecule has 32 heavy (non-hydrogen) atoms. The van der Waals surface area contributed by atoms with Crippen LogP contribution in [0.2, 0.25) is 0 Å². The van der Waals surface area contributed by atoms with Gasteiger partial charge in [0.25, 0.3) is 5.91 Å². The van der Waals surface area contributed by atoms with Crippen molar-refractivity contribution >= 4 is 23.2 Å². The van der Waals surface area contributed by atoms with Gasteiger partial charge in [-0.25, -0.2) is 0 Å². The molecular weight excluding hydrogens is 404 g/mol. The summed E-state index contributed by atoms with van der Waals surface area (Å²) in [5, 5.41) is 5.56. The Morgan fingerprint density at radius 3 is 2.12 bits per heavy atom. The Labute approximate surface area is 188 Å². The van der Waals surface area contributed by atoms with Gasteiger partial charge in [-0.1, -0.05) is 6.07 Å². The number of carbonyl (C=O) groups is 2. The fourth-order valence-corrected chi connectivity index (χ4v) is 3.38. The van der Waals surface area contributed by atoms with E-state index in [4.69, 9.17) is 9.47 Å². The number of ether oxygens (including phenoxy) is 2. The van der Waals surface area contributed by atoms with Gasteiger partial charge in [-0.05, 0) is 86.0 Å². The van der Waals surface area contributed by atoms with Crippen molar-refractivity contribution < 1.29 is 19.1 Å². The minimum absolute atomic E-state index is 0.147. The first-order valence-corrected chi connectivity index (χ1v) is 10.3. The van der Waals surface area contributed by atoms with Crippen LogP contribution in [-0.2, 0) is 11.4 Å². The molecule has 0 heterocycles. The number of methoxy groups -OCH3 is 1. The maximum absolute atomic E-state index is 12.8. The van der Waals surface area contributed by atoms with Gasteiger partial charge in [-0.15, -0.1) is 0 Å². The lowest BCUT2D eigenvalue weighted by Gasteiger charge is -2.15. The fourth-order valence-electron chi connectivity index (χ4n) is 3.38. The summed E-state index contributed by atoms with van der Waals surface area (Å²) in [6.07, 6.45) is 0. The summed E-state index contributed by atoms with van der Waals surface area (Å²) in [6.45, 7) is 7.85. The molecule has 6 nitrogen and oxygen atoms in total. The Balaban J connectivity index is 1.75. The highest BCUT2D eigenvalue weighted by Gasteiger charge is 2.13. The molecule has 2 amide bonds.